The molecule has 0 aromatic carbocycles. The van der Waals surface area contributed by atoms with Crippen molar-refractivity contribution in [2.75, 3.05) is 13.1 Å². The second-order valence-electron chi connectivity index (χ2n) is 5.97. The van der Waals surface area contributed by atoms with Crippen molar-refractivity contribution >= 4 is 17.5 Å². The van der Waals surface area contributed by atoms with Gasteiger partial charge in [0.1, 0.15) is 5.69 Å². The topological polar surface area (TPSA) is 75.0 Å². The first-order valence-electron chi connectivity index (χ1n) is 7.51. The zero-order valence-electron chi connectivity index (χ0n) is 12.7. The number of nitrogens with one attached hydrogen (secondary N) is 1. The van der Waals surface area contributed by atoms with Crippen LogP contribution in [0.15, 0.2) is 16.8 Å². The van der Waals surface area contributed by atoms with E-state index in [1.165, 1.54) is 0 Å². The Morgan fingerprint density at radius 2 is 2.36 bits per heavy atom. The number of hydrogen-bond donors (Lipinski definition) is 1. The maximum atomic E-state index is 12.5. The van der Waals surface area contributed by atoms with Gasteiger partial charge in [-0.05, 0) is 18.9 Å². The van der Waals surface area contributed by atoms with Gasteiger partial charge in [-0.2, -0.15) is 4.98 Å². The van der Waals surface area contributed by atoms with Crippen LogP contribution in [0.5, 0.6) is 0 Å². The predicted molar refractivity (Wildman–Crippen MR) is 82.1 cm³/mol. The Kier molecular flexibility index (Phi) is 4.20. The largest absolute Gasteiger partial charge is 0.356 e. The van der Waals surface area contributed by atoms with E-state index in [-0.39, 0.29) is 17.7 Å². The molecule has 2 aromatic heterocycles. The van der Waals surface area contributed by atoms with Crippen molar-refractivity contribution in [1.82, 2.24) is 20.0 Å². The number of likely N-dealkylation sites (tertiary alicyclic amines) is 1. The molecule has 0 spiro atoms. The summed E-state index contributed by atoms with van der Waals surface area (Å²) in [7, 11) is 0. The van der Waals surface area contributed by atoms with Crippen LogP contribution < -0.4 is 0 Å². The van der Waals surface area contributed by atoms with Crippen LogP contribution in [0.2, 0.25) is 5.02 Å². The highest BCUT2D eigenvalue weighted by molar-refractivity contribution is 6.30. The second kappa shape index (κ2) is 6.12. The summed E-state index contributed by atoms with van der Waals surface area (Å²) in [6.45, 7) is 5.37. The molecule has 1 saturated heterocycles. The van der Waals surface area contributed by atoms with Crippen LogP contribution in [-0.4, -0.2) is 39.0 Å². The SMILES string of the molecule is CC(C)c1nc([C@@H]2CCCN(C(=O)c3cc(Cl)c[nH]3)C2)no1. The van der Waals surface area contributed by atoms with Gasteiger partial charge >= 0.3 is 0 Å². The smallest absolute Gasteiger partial charge is 0.270 e. The molecular weight excluding hydrogens is 304 g/mol. The van der Waals surface area contributed by atoms with Crippen molar-refractivity contribution in [2.45, 2.75) is 38.5 Å². The lowest BCUT2D eigenvalue weighted by molar-refractivity contribution is 0.0698. The van der Waals surface area contributed by atoms with E-state index >= 15 is 0 Å². The van der Waals surface area contributed by atoms with Gasteiger partial charge in [0.25, 0.3) is 5.91 Å². The molecule has 1 aliphatic heterocycles. The molecule has 1 aliphatic rings. The predicted octanol–water partition coefficient (Wildman–Crippen LogP) is 3.19. The Morgan fingerprint density at radius 1 is 1.55 bits per heavy atom. The van der Waals surface area contributed by atoms with Crippen LogP contribution in [-0.2, 0) is 0 Å². The minimum atomic E-state index is -0.0378. The molecule has 6 nitrogen and oxygen atoms in total. The van der Waals surface area contributed by atoms with Gasteiger partial charge in [0.05, 0.1) is 5.02 Å². The fraction of sp³-hybridized carbons (Fsp3) is 0.533. The van der Waals surface area contributed by atoms with Gasteiger partial charge in [0.15, 0.2) is 5.82 Å². The monoisotopic (exact) mass is 322 g/mol. The van der Waals surface area contributed by atoms with E-state index in [4.69, 9.17) is 16.1 Å². The van der Waals surface area contributed by atoms with E-state index in [0.717, 1.165) is 19.4 Å². The van der Waals surface area contributed by atoms with E-state index in [2.05, 4.69) is 15.1 Å². The number of aromatic nitrogens is 3. The van der Waals surface area contributed by atoms with Gasteiger partial charge < -0.3 is 14.4 Å². The van der Waals surface area contributed by atoms with Crippen molar-refractivity contribution in [3.63, 3.8) is 0 Å². The minimum absolute atomic E-state index is 0.0378. The highest BCUT2D eigenvalue weighted by atomic mass is 35.5. The number of halogens is 1. The summed E-state index contributed by atoms with van der Waals surface area (Å²) in [5, 5.41) is 4.62. The first-order chi connectivity index (χ1) is 10.5. The maximum Gasteiger partial charge on any atom is 0.270 e. The average Bonchev–Trinajstić information content (AvgIpc) is 3.15. The zero-order chi connectivity index (χ0) is 15.7. The Hall–Kier alpha value is -1.82. The van der Waals surface area contributed by atoms with Crippen molar-refractivity contribution in [3.8, 4) is 0 Å². The minimum Gasteiger partial charge on any atom is -0.356 e. The number of hydrogen-bond acceptors (Lipinski definition) is 4. The normalized spacial score (nSPS) is 18.9. The summed E-state index contributed by atoms with van der Waals surface area (Å²) >= 11 is 5.87. The summed E-state index contributed by atoms with van der Waals surface area (Å²) in [6.07, 6.45) is 3.51. The summed E-state index contributed by atoms with van der Waals surface area (Å²) in [5.74, 6) is 1.65. The Bertz CT molecular complexity index is 664. The van der Waals surface area contributed by atoms with Gasteiger partial charge in [-0.25, -0.2) is 0 Å². The standard InChI is InChI=1S/C15H19ClN4O2/c1-9(2)14-18-13(19-22-14)10-4-3-5-20(8-10)15(21)12-6-11(16)7-17-12/h6-7,9-10,17H,3-5,8H2,1-2H3/t10-/m1/s1. The molecular formula is C15H19ClN4O2. The molecule has 0 aliphatic carbocycles. The summed E-state index contributed by atoms with van der Waals surface area (Å²) in [5.41, 5.74) is 0.515. The van der Waals surface area contributed by atoms with Gasteiger partial charge in [0.2, 0.25) is 5.89 Å². The first kappa shape index (κ1) is 15.1. The third-order valence-corrected chi connectivity index (χ3v) is 4.12. The average molecular weight is 323 g/mol. The molecule has 0 unspecified atom stereocenters. The number of piperidine rings is 1. The second-order valence-corrected chi connectivity index (χ2v) is 6.40. The van der Waals surface area contributed by atoms with Gasteiger partial charge in [-0.3, -0.25) is 4.79 Å². The van der Waals surface area contributed by atoms with Crippen LogP contribution >= 0.6 is 11.6 Å². The lowest BCUT2D eigenvalue weighted by Crippen LogP contribution is -2.39. The fourth-order valence-electron chi connectivity index (χ4n) is 2.68. The number of H-pyrrole nitrogens is 1. The van der Waals surface area contributed by atoms with Crippen LogP contribution in [0.1, 0.15) is 60.7 Å². The lowest BCUT2D eigenvalue weighted by atomic mass is 9.97. The number of nitrogens with zero attached hydrogens (tertiary/aromatic N) is 3. The molecule has 1 fully saturated rings. The first-order valence-corrected chi connectivity index (χ1v) is 7.89. The molecule has 0 radical (unpaired) electrons. The molecule has 0 bridgehead atoms. The number of carbonyl (C=O) groups excluding carboxylic acids is 1. The van der Waals surface area contributed by atoms with E-state index in [1.54, 1.807) is 12.3 Å². The van der Waals surface area contributed by atoms with E-state index in [1.807, 2.05) is 18.7 Å². The van der Waals surface area contributed by atoms with Crippen molar-refractivity contribution in [2.24, 2.45) is 0 Å². The van der Waals surface area contributed by atoms with Gasteiger partial charge in [-0.15, -0.1) is 0 Å². The summed E-state index contributed by atoms with van der Waals surface area (Å²) in [4.78, 5) is 21.7. The highest BCUT2D eigenvalue weighted by Crippen LogP contribution is 2.27. The fourth-order valence-corrected chi connectivity index (χ4v) is 2.85. The van der Waals surface area contributed by atoms with Crippen molar-refractivity contribution < 1.29 is 9.32 Å². The van der Waals surface area contributed by atoms with Crippen LogP contribution in [0.4, 0.5) is 0 Å². The number of amides is 1. The number of aromatic amines is 1. The van der Waals surface area contributed by atoms with Gasteiger partial charge in [-0.1, -0.05) is 30.6 Å². The van der Waals surface area contributed by atoms with Crippen molar-refractivity contribution in [1.29, 1.82) is 0 Å². The number of carbonyl (C=O) groups is 1. The molecule has 1 atom stereocenters. The zero-order valence-corrected chi connectivity index (χ0v) is 13.4. The van der Waals surface area contributed by atoms with E-state index in [9.17, 15) is 4.79 Å². The lowest BCUT2D eigenvalue weighted by Gasteiger charge is -2.30. The third-order valence-electron chi connectivity index (χ3n) is 3.90. The summed E-state index contributed by atoms with van der Waals surface area (Å²) < 4.78 is 5.27. The Morgan fingerprint density at radius 3 is 3.00 bits per heavy atom. The highest BCUT2D eigenvalue weighted by Gasteiger charge is 2.29. The molecule has 3 heterocycles. The maximum absolute atomic E-state index is 12.5. The molecule has 118 valence electrons. The van der Waals surface area contributed by atoms with Crippen LogP contribution in [0.25, 0.3) is 0 Å². The molecule has 0 saturated carbocycles. The van der Waals surface area contributed by atoms with Crippen molar-refractivity contribution in [3.05, 3.63) is 34.7 Å². The molecule has 1 N–H and O–H groups in total. The third kappa shape index (κ3) is 3.02. The number of rotatable bonds is 3. The Balaban J connectivity index is 1.72. The Labute approximate surface area is 133 Å². The molecule has 7 heteroatoms. The molecule has 1 amide bonds. The van der Waals surface area contributed by atoms with Crippen LogP contribution in [0, 0.1) is 0 Å². The summed E-state index contributed by atoms with van der Waals surface area (Å²) in [6, 6.07) is 1.65. The van der Waals surface area contributed by atoms with E-state index < -0.39 is 0 Å². The molecule has 2 aromatic rings. The molecule has 3 rings (SSSR count). The van der Waals surface area contributed by atoms with Crippen LogP contribution in [0.3, 0.4) is 0 Å². The quantitative estimate of drug-likeness (QED) is 0.941. The van der Waals surface area contributed by atoms with E-state index in [0.29, 0.717) is 29.0 Å². The molecule has 22 heavy (non-hydrogen) atoms. The van der Waals surface area contributed by atoms with Gasteiger partial charge in [0, 0.05) is 31.1 Å².